The molecule has 0 bridgehead atoms. The van der Waals surface area contributed by atoms with E-state index < -0.39 is 41.1 Å². The summed E-state index contributed by atoms with van der Waals surface area (Å²) in [6.45, 7) is 0.00710. The van der Waals surface area contributed by atoms with Crippen molar-refractivity contribution in [3.05, 3.63) is 63.2 Å². The predicted molar refractivity (Wildman–Crippen MR) is 130 cm³/mol. The number of hydrogen-bond acceptors (Lipinski definition) is 8. The Morgan fingerprint density at radius 2 is 1.81 bits per heavy atom. The van der Waals surface area contributed by atoms with Gasteiger partial charge in [-0.1, -0.05) is 6.07 Å². The highest BCUT2D eigenvalue weighted by Gasteiger charge is 2.23. The number of carbonyl (C=O) groups is 4. The van der Waals surface area contributed by atoms with E-state index >= 15 is 0 Å². The van der Waals surface area contributed by atoms with Crippen LogP contribution in [0.3, 0.4) is 0 Å². The molecular formula is C23H27N7O6. The van der Waals surface area contributed by atoms with Crippen LogP contribution in [0.5, 0.6) is 0 Å². The Kier molecular flexibility index (Phi) is 8.52. The summed E-state index contributed by atoms with van der Waals surface area (Å²) in [4.78, 5) is 60.7. The first-order valence-corrected chi connectivity index (χ1v) is 11.2. The van der Waals surface area contributed by atoms with Crippen molar-refractivity contribution in [2.45, 2.75) is 31.8 Å². The minimum atomic E-state index is -0.862. The van der Waals surface area contributed by atoms with Crippen molar-refractivity contribution in [3.63, 3.8) is 0 Å². The third kappa shape index (κ3) is 6.54. The second-order valence-electron chi connectivity index (χ2n) is 8.15. The molecule has 36 heavy (non-hydrogen) atoms. The first-order valence-electron chi connectivity index (χ1n) is 11.2. The van der Waals surface area contributed by atoms with Crippen molar-refractivity contribution < 1.29 is 24.1 Å². The number of nitro groups is 1. The number of nitrogens with two attached hydrogens (primary N) is 2. The van der Waals surface area contributed by atoms with E-state index in [0.717, 1.165) is 6.07 Å². The van der Waals surface area contributed by atoms with E-state index in [1.165, 1.54) is 24.3 Å². The molecule has 1 atom stereocenters. The smallest absolute Gasteiger partial charge is 0.270 e. The van der Waals surface area contributed by atoms with E-state index in [4.69, 9.17) is 11.5 Å². The van der Waals surface area contributed by atoms with Gasteiger partial charge in [-0.15, -0.1) is 0 Å². The van der Waals surface area contributed by atoms with Crippen LogP contribution in [0.2, 0.25) is 0 Å². The number of carbonyl (C=O) groups excluding carboxylic acids is 4. The molecule has 2 aromatic carbocycles. The average Bonchev–Trinajstić information content (AvgIpc) is 2.85. The highest BCUT2D eigenvalue weighted by Crippen LogP contribution is 2.28. The van der Waals surface area contributed by atoms with Crippen LogP contribution >= 0.6 is 0 Å². The lowest BCUT2D eigenvalue weighted by Crippen LogP contribution is -2.49. The number of benzene rings is 2. The van der Waals surface area contributed by atoms with E-state index in [0.29, 0.717) is 37.1 Å². The van der Waals surface area contributed by atoms with Gasteiger partial charge >= 0.3 is 0 Å². The van der Waals surface area contributed by atoms with Gasteiger partial charge in [0.25, 0.3) is 11.6 Å². The summed E-state index contributed by atoms with van der Waals surface area (Å²) in [6, 6.07) is 7.30. The van der Waals surface area contributed by atoms with Gasteiger partial charge in [0.1, 0.15) is 6.04 Å². The molecule has 0 aliphatic carbocycles. The van der Waals surface area contributed by atoms with E-state index in [2.05, 4.69) is 21.3 Å². The van der Waals surface area contributed by atoms with Gasteiger partial charge in [0.2, 0.25) is 17.7 Å². The van der Waals surface area contributed by atoms with Gasteiger partial charge in [-0.05, 0) is 49.6 Å². The summed E-state index contributed by atoms with van der Waals surface area (Å²) in [7, 11) is 0. The fourth-order valence-electron chi connectivity index (χ4n) is 3.66. The monoisotopic (exact) mass is 497 g/mol. The Balaban J connectivity index is 2.04. The van der Waals surface area contributed by atoms with E-state index in [-0.39, 0.29) is 29.0 Å². The average molecular weight is 498 g/mol. The van der Waals surface area contributed by atoms with Gasteiger partial charge in [-0.25, -0.2) is 0 Å². The Labute approximate surface area is 206 Å². The number of nitro benzene ring substituents is 1. The summed E-state index contributed by atoms with van der Waals surface area (Å²) in [5.74, 6) is -2.46. The second-order valence-corrected chi connectivity index (χ2v) is 8.15. The van der Waals surface area contributed by atoms with Gasteiger partial charge < -0.3 is 32.7 Å². The van der Waals surface area contributed by atoms with Crippen molar-refractivity contribution in [2.75, 3.05) is 18.4 Å². The van der Waals surface area contributed by atoms with E-state index in [9.17, 15) is 29.3 Å². The molecule has 1 aliphatic rings. The molecule has 3 rings (SSSR count). The number of nitrogens with zero attached hydrogens (tertiary/aromatic N) is 1. The molecule has 0 aromatic heterocycles. The van der Waals surface area contributed by atoms with Crippen LogP contribution in [0.1, 0.15) is 45.5 Å². The third-order valence-electron chi connectivity index (χ3n) is 5.58. The number of fused-ring (bicyclic) bond motifs is 2. The lowest BCUT2D eigenvalue weighted by atomic mass is 10.0. The lowest BCUT2D eigenvalue weighted by Gasteiger charge is -2.21. The molecule has 0 saturated carbocycles. The quantitative estimate of drug-likeness (QED) is 0.186. The molecule has 8 N–H and O–H groups in total. The maximum atomic E-state index is 12.9. The van der Waals surface area contributed by atoms with Crippen molar-refractivity contribution in [1.82, 2.24) is 16.0 Å². The van der Waals surface area contributed by atoms with Gasteiger partial charge in [0, 0.05) is 29.9 Å². The first kappa shape index (κ1) is 26.1. The first-order chi connectivity index (χ1) is 17.2. The van der Waals surface area contributed by atoms with Crippen LogP contribution in [0, 0.1) is 10.1 Å². The molecule has 0 saturated heterocycles. The fraction of sp³-hybridized carbons (Fsp3) is 0.304. The lowest BCUT2D eigenvalue weighted by molar-refractivity contribution is -0.384. The van der Waals surface area contributed by atoms with E-state index in [1.807, 2.05) is 0 Å². The molecule has 0 radical (unpaired) electrons. The maximum Gasteiger partial charge on any atom is 0.270 e. The zero-order valence-corrected chi connectivity index (χ0v) is 19.3. The SMILES string of the molecule is NCCCC[C@@H]1NC(=O)CNC(=O)c2cc([N+](=O)[O-])ccc2Nc2cc(C(N)=O)ccc2CNC1=O. The van der Waals surface area contributed by atoms with Crippen LogP contribution in [-0.4, -0.2) is 47.7 Å². The molecule has 2 aromatic rings. The molecule has 0 spiro atoms. The van der Waals surface area contributed by atoms with Crippen molar-refractivity contribution in [3.8, 4) is 0 Å². The highest BCUT2D eigenvalue weighted by molar-refractivity contribution is 6.03. The van der Waals surface area contributed by atoms with Crippen LogP contribution < -0.4 is 32.7 Å². The molecule has 1 aliphatic heterocycles. The molecule has 190 valence electrons. The summed E-state index contributed by atoms with van der Waals surface area (Å²) in [6.07, 6.45) is 1.59. The molecule has 4 amide bonds. The Morgan fingerprint density at radius 3 is 2.50 bits per heavy atom. The number of rotatable bonds is 6. The number of unbranched alkanes of at least 4 members (excludes halogenated alkanes) is 1. The maximum absolute atomic E-state index is 12.9. The number of amides is 4. The minimum Gasteiger partial charge on any atom is -0.366 e. The number of nitrogens with one attached hydrogen (secondary N) is 4. The standard InChI is InChI=1S/C23H27N7O6/c24-8-2-1-3-18-23(34)26-11-14-5-4-13(21(25)32)9-19(14)28-17-7-6-15(30(35)36)10-16(17)22(33)27-12-20(31)29-18/h4-7,9-10,18,28H,1-3,8,11-12,24H2,(H2,25,32)(H,26,34)(H,27,33)(H,29,31)/t18-/m0/s1. The minimum absolute atomic E-state index is 0.0258. The summed E-state index contributed by atoms with van der Waals surface area (Å²) in [5, 5.41) is 22.1. The van der Waals surface area contributed by atoms with Gasteiger partial charge in [0.05, 0.1) is 22.7 Å². The van der Waals surface area contributed by atoms with Gasteiger partial charge in [0.15, 0.2) is 0 Å². The Bertz CT molecular complexity index is 1200. The molecule has 0 fully saturated rings. The van der Waals surface area contributed by atoms with E-state index in [1.54, 1.807) is 6.07 Å². The topological polar surface area (TPSA) is 212 Å². The summed E-state index contributed by atoms with van der Waals surface area (Å²) < 4.78 is 0. The molecule has 13 nitrogen and oxygen atoms in total. The number of hydrogen-bond donors (Lipinski definition) is 6. The fourth-order valence-corrected chi connectivity index (χ4v) is 3.66. The molecule has 1 heterocycles. The van der Waals surface area contributed by atoms with Crippen LogP contribution in [0.4, 0.5) is 17.1 Å². The number of primary amides is 1. The van der Waals surface area contributed by atoms with Crippen molar-refractivity contribution >= 4 is 40.7 Å². The highest BCUT2D eigenvalue weighted by atomic mass is 16.6. The second kappa shape index (κ2) is 11.8. The summed E-state index contributed by atoms with van der Waals surface area (Å²) in [5.41, 5.74) is 11.8. The Hall–Kier alpha value is -4.52. The Morgan fingerprint density at radius 1 is 1.03 bits per heavy atom. The van der Waals surface area contributed by atoms with Crippen LogP contribution in [-0.2, 0) is 16.1 Å². The zero-order valence-electron chi connectivity index (χ0n) is 19.3. The largest absolute Gasteiger partial charge is 0.366 e. The van der Waals surface area contributed by atoms with Crippen molar-refractivity contribution in [1.29, 1.82) is 0 Å². The summed E-state index contributed by atoms with van der Waals surface area (Å²) >= 11 is 0. The molecular weight excluding hydrogens is 470 g/mol. The normalized spacial score (nSPS) is 16.2. The van der Waals surface area contributed by atoms with Gasteiger partial charge in [-0.3, -0.25) is 29.3 Å². The zero-order chi connectivity index (χ0) is 26.2. The van der Waals surface area contributed by atoms with Crippen molar-refractivity contribution in [2.24, 2.45) is 11.5 Å². The predicted octanol–water partition coefficient (Wildman–Crippen LogP) is 0.411. The van der Waals surface area contributed by atoms with Gasteiger partial charge in [-0.2, -0.15) is 0 Å². The van der Waals surface area contributed by atoms with Crippen LogP contribution in [0.15, 0.2) is 36.4 Å². The molecule has 0 unspecified atom stereocenters. The third-order valence-corrected chi connectivity index (χ3v) is 5.58. The molecule has 13 heteroatoms. The number of anilines is 2. The van der Waals surface area contributed by atoms with Crippen LogP contribution in [0.25, 0.3) is 0 Å². The number of non-ortho nitro benzene ring substituents is 1.